The van der Waals surface area contributed by atoms with Gasteiger partial charge in [-0.3, -0.25) is 9.59 Å². The molecular weight excluding hydrogens is 284 g/mol. The van der Waals surface area contributed by atoms with E-state index in [0.717, 1.165) is 11.8 Å². The van der Waals surface area contributed by atoms with Crippen molar-refractivity contribution in [1.82, 2.24) is 0 Å². The average molecular weight is 300 g/mol. The second kappa shape index (κ2) is 6.11. The summed E-state index contributed by atoms with van der Waals surface area (Å²) in [4.78, 5) is 22.7. The van der Waals surface area contributed by atoms with Crippen molar-refractivity contribution >= 4 is 23.5 Å². The fraction of sp³-hybridized carbons (Fsp3) is 0.125. The highest BCUT2D eigenvalue weighted by atomic mass is 32.2. The van der Waals surface area contributed by atoms with Crippen LogP contribution >= 0.6 is 11.8 Å². The Hall–Kier alpha value is -2.11. The van der Waals surface area contributed by atoms with Gasteiger partial charge in [0.2, 0.25) is 0 Å². The van der Waals surface area contributed by atoms with Crippen LogP contribution in [0.15, 0.2) is 54.6 Å². The maximum absolute atomic E-state index is 12.4. The minimum absolute atomic E-state index is 0.120. The van der Waals surface area contributed by atoms with Crippen molar-refractivity contribution in [2.75, 3.05) is 6.26 Å². The number of carbonyl (C=O) groups is 2. The van der Waals surface area contributed by atoms with Gasteiger partial charge in [0.25, 0.3) is 5.91 Å². The molecule has 0 saturated heterocycles. The molecule has 2 aromatic rings. The Kier molecular flexibility index (Phi) is 4.45. The van der Waals surface area contributed by atoms with Crippen LogP contribution in [0.5, 0.6) is 0 Å². The first-order valence-corrected chi connectivity index (χ1v) is 7.55. The molecule has 0 saturated carbocycles. The third kappa shape index (κ3) is 2.99. The molecule has 0 aliphatic rings. The van der Waals surface area contributed by atoms with E-state index in [-0.39, 0.29) is 5.78 Å². The number of ketones is 1. The summed E-state index contributed by atoms with van der Waals surface area (Å²) in [5.74, 6) is -0.760. The molecule has 4 nitrogen and oxygen atoms in total. The van der Waals surface area contributed by atoms with E-state index < -0.39 is 10.8 Å². The van der Waals surface area contributed by atoms with Gasteiger partial charge in [0.1, 0.15) is 0 Å². The number of thioether (sulfide) groups is 1. The number of benzene rings is 2. The highest BCUT2D eigenvalue weighted by Crippen LogP contribution is 2.29. The number of nitrogens with two attached hydrogens (primary N) is 2. The number of hydrogen-bond acceptors (Lipinski definition) is 4. The molecule has 0 bridgehead atoms. The second-order valence-electron chi connectivity index (χ2n) is 4.58. The summed E-state index contributed by atoms with van der Waals surface area (Å²) >= 11 is 1.14. The van der Waals surface area contributed by atoms with Crippen LogP contribution in [-0.4, -0.2) is 17.9 Å². The van der Waals surface area contributed by atoms with E-state index in [0.29, 0.717) is 16.7 Å². The smallest absolute Gasteiger partial charge is 0.252 e. The SMILES string of the molecule is CSC(N)(C(N)=O)c1cccc(C(=O)c2ccccc2)c1. The van der Waals surface area contributed by atoms with Gasteiger partial charge >= 0.3 is 0 Å². The van der Waals surface area contributed by atoms with Gasteiger partial charge in [-0.15, -0.1) is 11.8 Å². The highest BCUT2D eigenvalue weighted by Gasteiger charge is 2.33. The Balaban J connectivity index is 2.43. The van der Waals surface area contributed by atoms with Crippen molar-refractivity contribution in [3.05, 3.63) is 71.3 Å². The van der Waals surface area contributed by atoms with Crippen LogP contribution in [0.4, 0.5) is 0 Å². The molecular formula is C16H16N2O2S. The predicted molar refractivity (Wildman–Crippen MR) is 84.9 cm³/mol. The number of primary amides is 1. The summed E-state index contributed by atoms with van der Waals surface area (Å²) in [5, 5.41) is 0. The highest BCUT2D eigenvalue weighted by molar-refractivity contribution is 8.00. The zero-order chi connectivity index (χ0) is 15.5. The van der Waals surface area contributed by atoms with E-state index in [4.69, 9.17) is 11.5 Å². The monoisotopic (exact) mass is 300 g/mol. The van der Waals surface area contributed by atoms with Gasteiger partial charge in [0.15, 0.2) is 10.7 Å². The lowest BCUT2D eigenvalue weighted by Gasteiger charge is -2.24. The minimum atomic E-state index is -1.34. The molecule has 0 spiro atoms. The zero-order valence-electron chi connectivity index (χ0n) is 11.6. The Morgan fingerprint density at radius 1 is 1.00 bits per heavy atom. The van der Waals surface area contributed by atoms with Gasteiger partial charge in [-0.05, 0) is 17.9 Å². The quantitative estimate of drug-likeness (QED) is 0.652. The Labute approximate surface area is 127 Å². The maximum atomic E-state index is 12.4. The minimum Gasteiger partial charge on any atom is -0.367 e. The van der Waals surface area contributed by atoms with Crippen LogP contribution < -0.4 is 11.5 Å². The van der Waals surface area contributed by atoms with Crippen LogP contribution in [0.3, 0.4) is 0 Å². The van der Waals surface area contributed by atoms with E-state index in [9.17, 15) is 9.59 Å². The number of carbonyl (C=O) groups excluding carboxylic acids is 2. The molecule has 0 fully saturated rings. The summed E-state index contributed by atoms with van der Waals surface area (Å²) in [6.45, 7) is 0. The normalized spacial score (nSPS) is 13.4. The van der Waals surface area contributed by atoms with Crippen molar-refractivity contribution in [1.29, 1.82) is 0 Å². The van der Waals surface area contributed by atoms with Crippen molar-refractivity contribution in [3.63, 3.8) is 0 Å². The fourth-order valence-corrected chi connectivity index (χ4v) is 2.57. The lowest BCUT2D eigenvalue weighted by Crippen LogP contribution is -2.46. The topological polar surface area (TPSA) is 86.2 Å². The van der Waals surface area contributed by atoms with Crippen molar-refractivity contribution in [2.24, 2.45) is 11.5 Å². The summed E-state index contributed by atoms with van der Waals surface area (Å²) in [6, 6.07) is 15.7. The van der Waals surface area contributed by atoms with Gasteiger partial charge < -0.3 is 11.5 Å². The van der Waals surface area contributed by atoms with Gasteiger partial charge in [0.05, 0.1) is 0 Å². The molecule has 0 aliphatic carbocycles. The van der Waals surface area contributed by atoms with E-state index in [1.54, 1.807) is 54.8 Å². The van der Waals surface area contributed by atoms with E-state index in [2.05, 4.69) is 0 Å². The second-order valence-corrected chi connectivity index (χ2v) is 5.63. The molecule has 21 heavy (non-hydrogen) atoms. The molecule has 2 aromatic carbocycles. The van der Waals surface area contributed by atoms with Crippen LogP contribution in [-0.2, 0) is 9.67 Å². The Morgan fingerprint density at radius 3 is 2.19 bits per heavy atom. The summed E-state index contributed by atoms with van der Waals surface area (Å²) in [5.41, 5.74) is 13.0. The average Bonchev–Trinajstić information content (AvgIpc) is 2.54. The van der Waals surface area contributed by atoms with Crippen molar-refractivity contribution in [2.45, 2.75) is 4.87 Å². The molecule has 0 aromatic heterocycles. The standard InChI is InChI=1S/C16H16N2O2S/c1-21-16(18,15(17)20)13-9-5-8-12(10-13)14(19)11-6-3-2-4-7-11/h2-10H,18H2,1H3,(H2,17,20). The zero-order valence-corrected chi connectivity index (χ0v) is 12.4. The van der Waals surface area contributed by atoms with Crippen LogP contribution in [0, 0.1) is 0 Å². The van der Waals surface area contributed by atoms with Gasteiger partial charge in [-0.1, -0.05) is 48.5 Å². The third-order valence-electron chi connectivity index (χ3n) is 3.28. The molecule has 1 unspecified atom stereocenters. The first-order chi connectivity index (χ1) is 9.99. The lowest BCUT2D eigenvalue weighted by atomic mass is 9.98. The van der Waals surface area contributed by atoms with Crippen molar-refractivity contribution in [3.8, 4) is 0 Å². The summed E-state index contributed by atoms with van der Waals surface area (Å²) in [7, 11) is 0. The molecule has 1 amide bonds. The molecule has 108 valence electrons. The van der Waals surface area contributed by atoms with Crippen LogP contribution in [0.2, 0.25) is 0 Å². The molecule has 5 heteroatoms. The van der Waals surface area contributed by atoms with Crippen LogP contribution in [0.1, 0.15) is 21.5 Å². The maximum Gasteiger partial charge on any atom is 0.252 e. The molecule has 2 rings (SSSR count). The Bertz CT molecular complexity index is 673. The predicted octanol–water partition coefficient (Wildman–Crippen LogP) is 1.88. The fourth-order valence-electron chi connectivity index (χ4n) is 2.01. The first kappa shape index (κ1) is 15.3. The molecule has 4 N–H and O–H groups in total. The molecule has 1 atom stereocenters. The van der Waals surface area contributed by atoms with Crippen molar-refractivity contribution < 1.29 is 9.59 Å². The first-order valence-electron chi connectivity index (χ1n) is 6.33. The van der Waals surface area contributed by atoms with E-state index >= 15 is 0 Å². The lowest BCUT2D eigenvalue weighted by molar-refractivity contribution is -0.120. The largest absolute Gasteiger partial charge is 0.367 e. The third-order valence-corrected chi connectivity index (χ3v) is 4.36. The molecule has 0 aliphatic heterocycles. The van der Waals surface area contributed by atoms with Gasteiger partial charge in [0, 0.05) is 11.1 Å². The Morgan fingerprint density at radius 2 is 1.62 bits per heavy atom. The number of rotatable bonds is 5. The number of amides is 1. The number of hydrogen-bond donors (Lipinski definition) is 2. The van der Waals surface area contributed by atoms with Gasteiger partial charge in [-0.25, -0.2) is 0 Å². The van der Waals surface area contributed by atoms with E-state index in [1.807, 2.05) is 6.07 Å². The van der Waals surface area contributed by atoms with Crippen LogP contribution in [0.25, 0.3) is 0 Å². The summed E-state index contributed by atoms with van der Waals surface area (Å²) < 4.78 is 0. The summed E-state index contributed by atoms with van der Waals surface area (Å²) in [6.07, 6.45) is 1.70. The molecule has 0 heterocycles. The van der Waals surface area contributed by atoms with Gasteiger partial charge in [-0.2, -0.15) is 0 Å². The molecule has 0 radical (unpaired) electrons. The van der Waals surface area contributed by atoms with E-state index in [1.165, 1.54) is 0 Å².